The molecule has 23 heavy (non-hydrogen) atoms. The Bertz CT molecular complexity index is 635. The minimum atomic E-state index is -3.81. The Balaban J connectivity index is 3.14. The zero-order valence-electron chi connectivity index (χ0n) is 15.1. The Labute approximate surface area is 139 Å². The second kappa shape index (κ2) is 7.13. The first kappa shape index (κ1) is 19.8. The van der Waals surface area contributed by atoms with E-state index in [9.17, 15) is 13.2 Å². The van der Waals surface area contributed by atoms with Gasteiger partial charge in [0.15, 0.2) is 5.76 Å². The van der Waals surface area contributed by atoms with Gasteiger partial charge in [0.25, 0.3) is 0 Å². The summed E-state index contributed by atoms with van der Waals surface area (Å²) in [6.45, 7) is 13.0. The van der Waals surface area contributed by atoms with Gasteiger partial charge in [-0.15, -0.1) is 0 Å². The van der Waals surface area contributed by atoms with Crippen molar-refractivity contribution in [2.75, 3.05) is 13.1 Å². The fourth-order valence-corrected chi connectivity index (χ4v) is 4.35. The number of nitrogens with zero attached hydrogens (tertiary/aromatic N) is 2. The van der Waals surface area contributed by atoms with E-state index in [0.29, 0.717) is 12.1 Å². The first-order valence-electron chi connectivity index (χ1n) is 7.79. The Morgan fingerprint density at radius 1 is 1.26 bits per heavy atom. The molecule has 0 aliphatic heterocycles. The molecule has 0 radical (unpaired) electrons. The van der Waals surface area contributed by atoms with E-state index in [1.165, 1.54) is 4.31 Å². The van der Waals surface area contributed by atoms with Crippen LogP contribution < -0.4 is 0 Å². The topological polar surface area (TPSA) is 80.5 Å². The quantitative estimate of drug-likeness (QED) is 0.759. The molecule has 0 unspecified atom stereocenters. The van der Waals surface area contributed by atoms with E-state index >= 15 is 0 Å². The highest BCUT2D eigenvalue weighted by molar-refractivity contribution is 7.89. The van der Waals surface area contributed by atoms with Crippen molar-refractivity contribution < 1.29 is 17.7 Å². The van der Waals surface area contributed by atoms with Gasteiger partial charge in [-0.25, -0.2) is 8.42 Å². The minimum Gasteiger partial charge on any atom is -0.360 e. The van der Waals surface area contributed by atoms with Gasteiger partial charge in [-0.2, -0.15) is 4.31 Å². The molecule has 1 aromatic rings. The van der Waals surface area contributed by atoms with Gasteiger partial charge in [0.2, 0.25) is 10.0 Å². The van der Waals surface area contributed by atoms with E-state index in [1.807, 2.05) is 34.6 Å². The van der Waals surface area contributed by atoms with Crippen molar-refractivity contribution in [2.45, 2.75) is 59.8 Å². The summed E-state index contributed by atoms with van der Waals surface area (Å²) < 4.78 is 32.1. The van der Waals surface area contributed by atoms with Crippen LogP contribution in [-0.4, -0.2) is 36.8 Å². The third-order valence-corrected chi connectivity index (χ3v) is 5.27. The van der Waals surface area contributed by atoms with Crippen molar-refractivity contribution in [1.29, 1.82) is 0 Å². The molecule has 0 fully saturated rings. The van der Waals surface area contributed by atoms with Crippen molar-refractivity contribution in [2.24, 2.45) is 11.3 Å². The molecule has 0 bridgehead atoms. The number of rotatable bonds is 7. The first-order chi connectivity index (χ1) is 10.3. The van der Waals surface area contributed by atoms with E-state index in [-0.39, 0.29) is 40.9 Å². The Kier molecular flexibility index (Phi) is 6.15. The van der Waals surface area contributed by atoms with Crippen molar-refractivity contribution in [3.8, 4) is 0 Å². The maximum atomic E-state index is 12.9. The Morgan fingerprint density at radius 3 is 2.22 bits per heavy atom. The highest BCUT2D eigenvalue weighted by Gasteiger charge is 2.33. The Morgan fingerprint density at radius 2 is 1.83 bits per heavy atom. The fourth-order valence-electron chi connectivity index (χ4n) is 2.47. The summed E-state index contributed by atoms with van der Waals surface area (Å²) in [4.78, 5) is 12.4. The van der Waals surface area contributed by atoms with E-state index < -0.39 is 10.0 Å². The lowest BCUT2D eigenvalue weighted by molar-refractivity contribution is -0.121. The van der Waals surface area contributed by atoms with Crippen LogP contribution in [0, 0.1) is 25.2 Å². The van der Waals surface area contributed by atoms with Crippen LogP contribution in [0.2, 0.25) is 0 Å². The Hall–Kier alpha value is -1.21. The molecule has 1 rings (SSSR count). The zero-order chi connectivity index (χ0) is 18.0. The van der Waals surface area contributed by atoms with Gasteiger partial charge in [0.1, 0.15) is 16.4 Å². The van der Waals surface area contributed by atoms with Crippen LogP contribution in [0.1, 0.15) is 52.5 Å². The largest absolute Gasteiger partial charge is 0.360 e. The monoisotopic (exact) mass is 344 g/mol. The number of aromatic nitrogens is 1. The van der Waals surface area contributed by atoms with E-state index in [0.717, 1.165) is 0 Å². The highest BCUT2D eigenvalue weighted by atomic mass is 32.2. The number of aryl methyl sites for hydroxylation is 2. The average molecular weight is 344 g/mol. The molecule has 0 spiro atoms. The fraction of sp³-hybridized carbons (Fsp3) is 0.750. The highest BCUT2D eigenvalue weighted by Crippen LogP contribution is 2.25. The van der Waals surface area contributed by atoms with E-state index in [4.69, 9.17) is 4.52 Å². The molecule has 0 aliphatic rings. The van der Waals surface area contributed by atoms with Crippen LogP contribution in [0.15, 0.2) is 9.42 Å². The van der Waals surface area contributed by atoms with Gasteiger partial charge in [0.05, 0.1) is 6.54 Å². The molecule has 7 heteroatoms. The van der Waals surface area contributed by atoms with Crippen molar-refractivity contribution in [1.82, 2.24) is 9.46 Å². The third kappa shape index (κ3) is 5.42. The van der Waals surface area contributed by atoms with Crippen molar-refractivity contribution in [3.63, 3.8) is 0 Å². The lowest BCUT2D eigenvalue weighted by Crippen LogP contribution is -2.39. The zero-order valence-corrected chi connectivity index (χ0v) is 16.0. The molecule has 0 saturated carbocycles. The number of ketones is 1. The lowest BCUT2D eigenvalue weighted by atomic mass is 9.90. The third-order valence-electron chi connectivity index (χ3n) is 3.21. The van der Waals surface area contributed by atoms with Crippen LogP contribution in [-0.2, 0) is 14.8 Å². The molecule has 0 aromatic carbocycles. The molecule has 0 aliphatic carbocycles. The van der Waals surface area contributed by atoms with E-state index in [2.05, 4.69) is 5.16 Å². The lowest BCUT2D eigenvalue weighted by Gasteiger charge is -2.25. The molecule has 132 valence electrons. The molecule has 6 nitrogen and oxygen atoms in total. The van der Waals surface area contributed by atoms with Gasteiger partial charge in [-0.3, -0.25) is 4.79 Å². The smallest absolute Gasteiger partial charge is 0.248 e. The van der Waals surface area contributed by atoms with Crippen LogP contribution in [0.5, 0.6) is 0 Å². The summed E-state index contributed by atoms with van der Waals surface area (Å²) in [5, 5.41) is 3.72. The van der Waals surface area contributed by atoms with Gasteiger partial charge in [-0.1, -0.05) is 39.8 Å². The summed E-state index contributed by atoms with van der Waals surface area (Å²) in [6, 6.07) is 0. The molecule has 0 N–H and O–H groups in total. The molecular weight excluding hydrogens is 316 g/mol. The van der Waals surface area contributed by atoms with Crippen molar-refractivity contribution in [3.05, 3.63) is 11.5 Å². The summed E-state index contributed by atoms with van der Waals surface area (Å²) in [6.07, 6.45) is 0.332. The van der Waals surface area contributed by atoms with Crippen molar-refractivity contribution >= 4 is 15.8 Å². The van der Waals surface area contributed by atoms with Crippen LogP contribution in [0.4, 0.5) is 0 Å². The second-order valence-electron chi connectivity index (χ2n) is 7.62. The SMILES string of the molecule is Cc1noc(C)c1S(=O)(=O)N(CC(=O)CC(C)(C)C)CC(C)C. The normalized spacial score (nSPS) is 13.1. The number of Topliss-reactive ketones (excluding diaryl/α,β-unsaturated/α-hetero) is 1. The number of hydrogen-bond acceptors (Lipinski definition) is 5. The molecule has 1 aromatic heterocycles. The minimum absolute atomic E-state index is 0.0710. The van der Waals surface area contributed by atoms with Gasteiger partial charge >= 0.3 is 0 Å². The molecule has 0 atom stereocenters. The van der Waals surface area contributed by atoms with Gasteiger partial charge in [0, 0.05) is 13.0 Å². The molecule has 1 heterocycles. The first-order valence-corrected chi connectivity index (χ1v) is 9.23. The summed E-state index contributed by atoms with van der Waals surface area (Å²) >= 11 is 0. The summed E-state index contributed by atoms with van der Waals surface area (Å²) in [5.41, 5.74) is 0.146. The maximum absolute atomic E-state index is 12.9. The predicted octanol–water partition coefficient (Wildman–Crippen LogP) is 2.94. The second-order valence-corrected chi connectivity index (χ2v) is 9.50. The van der Waals surface area contributed by atoms with Crippen LogP contribution in [0.3, 0.4) is 0 Å². The molecule has 0 saturated heterocycles. The van der Waals surface area contributed by atoms with Crippen LogP contribution >= 0.6 is 0 Å². The number of carbonyl (C=O) groups is 1. The average Bonchev–Trinajstić information content (AvgIpc) is 2.65. The number of hydrogen-bond donors (Lipinski definition) is 0. The number of sulfonamides is 1. The van der Waals surface area contributed by atoms with E-state index in [1.54, 1.807) is 13.8 Å². The van der Waals surface area contributed by atoms with Crippen LogP contribution in [0.25, 0.3) is 0 Å². The van der Waals surface area contributed by atoms with Gasteiger partial charge < -0.3 is 4.52 Å². The molecule has 0 amide bonds. The standard InChI is InChI=1S/C16H28N2O4S/c1-11(2)9-18(10-14(19)8-16(5,6)7)23(20,21)15-12(3)17-22-13(15)4/h11H,8-10H2,1-7H3. The summed E-state index contributed by atoms with van der Waals surface area (Å²) in [7, 11) is -3.81. The summed E-state index contributed by atoms with van der Waals surface area (Å²) in [5.74, 6) is 0.265. The molecular formula is C16H28N2O4S. The predicted molar refractivity (Wildman–Crippen MR) is 88.7 cm³/mol. The number of carbonyl (C=O) groups excluding carboxylic acids is 1. The van der Waals surface area contributed by atoms with Gasteiger partial charge in [-0.05, 0) is 25.2 Å². The maximum Gasteiger partial charge on any atom is 0.248 e.